The van der Waals surface area contributed by atoms with Gasteiger partial charge in [-0.1, -0.05) is 0 Å². The fraction of sp³-hybridized carbons (Fsp3) is 0.250. The Hall–Kier alpha value is -4.09. The second-order valence-electron chi connectivity index (χ2n) is 7.13. The minimum atomic E-state index is -3.00. The Balaban J connectivity index is 1.85. The summed E-state index contributed by atoms with van der Waals surface area (Å²) in [4.78, 5) is 36.3. The quantitative estimate of drug-likeness (QED) is 0.449. The molecule has 10 nitrogen and oxygen atoms in total. The number of fused-ring (bicyclic) bond motifs is 2. The van der Waals surface area contributed by atoms with E-state index < -0.39 is 12.6 Å². The number of amides is 1. The SMILES string of the molecule is CN(C)C(=O)CCn1nc(-c2cnc3[nH]cc(C(=O)O)c3n2)c2cc(OC(F)F)ccc21. The fourth-order valence-corrected chi connectivity index (χ4v) is 3.29. The normalized spacial score (nSPS) is 11.4. The number of aromatic nitrogens is 5. The van der Waals surface area contributed by atoms with Gasteiger partial charge in [0.25, 0.3) is 0 Å². The molecule has 0 aliphatic heterocycles. The molecule has 0 radical (unpaired) electrons. The first-order valence-electron chi connectivity index (χ1n) is 9.48. The van der Waals surface area contributed by atoms with Gasteiger partial charge < -0.3 is 19.7 Å². The van der Waals surface area contributed by atoms with E-state index in [1.807, 2.05) is 0 Å². The third kappa shape index (κ3) is 3.94. The molecule has 0 bridgehead atoms. The summed E-state index contributed by atoms with van der Waals surface area (Å²) < 4.78 is 31.5. The lowest BCUT2D eigenvalue weighted by Crippen LogP contribution is -2.23. The van der Waals surface area contributed by atoms with E-state index in [9.17, 15) is 23.5 Å². The molecule has 3 aromatic heterocycles. The zero-order chi connectivity index (χ0) is 23.0. The van der Waals surface area contributed by atoms with Crippen LogP contribution in [0.4, 0.5) is 8.78 Å². The largest absolute Gasteiger partial charge is 0.478 e. The molecule has 2 N–H and O–H groups in total. The second-order valence-corrected chi connectivity index (χ2v) is 7.13. The molecule has 0 spiro atoms. The van der Waals surface area contributed by atoms with Gasteiger partial charge in [-0.05, 0) is 18.2 Å². The van der Waals surface area contributed by atoms with Crippen molar-refractivity contribution in [2.45, 2.75) is 19.6 Å². The first kappa shape index (κ1) is 21.2. The number of hydrogen-bond acceptors (Lipinski definition) is 6. The molecule has 32 heavy (non-hydrogen) atoms. The molecular formula is C20H18F2N6O4. The number of aromatic carboxylic acids is 1. The fourth-order valence-electron chi connectivity index (χ4n) is 3.29. The highest BCUT2D eigenvalue weighted by Gasteiger charge is 2.19. The van der Waals surface area contributed by atoms with Crippen LogP contribution >= 0.6 is 0 Å². The van der Waals surface area contributed by atoms with Crippen LogP contribution in [0.5, 0.6) is 5.75 Å². The van der Waals surface area contributed by atoms with Gasteiger partial charge in [-0.3, -0.25) is 9.48 Å². The highest BCUT2D eigenvalue weighted by atomic mass is 19.3. The number of carbonyl (C=O) groups is 2. The minimum absolute atomic E-state index is 0.0589. The molecule has 0 saturated carbocycles. The number of hydrogen-bond donors (Lipinski definition) is 2. The predicted octanol–water partition coefficient (Wildman–Crippen LogP) is 2.75. The molecular weight excluding hydrogens is 426 g/mol. The van der Waals surface area contributed by atoms with E-state index >= 15 is 0 Å². The van der Waals surface area contributed by atoms with Crippen molar-refractivity contribution in [2.75, 3.05) is 14.1 Å². The Morgan fingerprint density at radius 1 is 1.31 bits per heavy atom. The van der Waals surface area contributed by atoms with Crippen LogP contribution in [0.15, 0.2) is 30.6 Å². The number of benzene rings is 1. The number of halogens is 2. The summed E-state index contributed by atoms with van der Waals surface area (Å²) in [5.74, 6) is -1.35. The van der Waals surface area contributed by atoms with Crippen molar-refractivity contribution in [3.63, 3.8) is 0 Å². The van der Waals surface area contributed by atoms with E-state index in [1.165, 1.54) is 29.4 Å². The number of carbonyl (C=O) groups excluding carboxylic acids is 1. The Kier molecular flexibility index (Phi) is 5.43. The second kappa shape index (κ2) is 8.21. The van der Waals surface area contributed by atoms with Crippen LogP contribution in [-0.4, -0.2) is 67.3 Å². The maximum atomic E-state index is 12.7. The lowest BCUT2D eigenvalue weighted by molar-refractivity contribution is -0.128. The number of carboxylic acids is 1. The number of nitrogens with one attached hydrogen (secondary N) is 1. The van der Waals surface area contributed by atoms with E-state index in [0.717, 1.165) is 0 Å². The molecule has 12 heteroatoms. The molecule has 0 aliphatic rings. The third-order valence-electron chi connectivity index (χ3n) is 4.84. The van der Waals surface area contributed by atoms with Crippen molar-refractivity contribution in [1.82, 2.24) is 29.6 Å². The van der Waals surface area contributed by atoms with Crippen LogP contribution in [0.3, 0.4) is 0 Å². The average molecular weight is 444 g/mol. The summed E-state index contributed by atoms with van der Waals surface area (Å²) in [6.07, 6.45) is 2.86. The van der Waals surface area contributed by atoms with Crippen LogP contribution in [0.2, 0.25) is 0 Å². The summed E-state index contributed by atoms with van der Waals surface area (Å²) in [7, 11) is 3.29. The van der Waals surface area contributed by atoms with Crippen molar-refractivity contribution < 1.29 is 28.2 Å². The van der Waals surface area contributed by atoms with Crippen molar-refractivity contribution in [3.05, 3.63) is 36.2 Å². The van der Waals surface area contributed by atoms with Gasteiger partial charge in [0.15, 0.2) is 5.65 Å². The standard InChI is InChI=1S/C20H18F2N6O4/c1-27(2)15(29)5-6-28-14-4-3-10(32-20(21)22)7-11(14)16(26-28)13-9-24-18-17(25-13)12(8-23-18)19(30)31/h3-4,7-9,20H,5-6H2,1-2H3,(H,23,24)(H,30,31). The molecule has 0 fully saturated rings. The van der Waals surface area contributed by atoms with Crippen LogP contribution in [0, 0.1) is 0 Å². The monoisotopic (exact) mass is 444 g/mol. The van der Waals surface area contributed by atoms with E-state index in [2.05, 4.69) is 24.8 Å². The first-order chi connectivity index (χ1) is 15.2. The van der Waals surface area contributed by atoms with Crippen LogP contribution in [0.25, 0.3) is 33.5 Å². The number of nitrogens with zero attached hydrogens (tertiary/aromatic N) is 5. The Morgan fingerprint density at radius 2 is 2.09 bits per heavy atom. The van der Waals surface area contributed by atoms with Gasteiger partial charge in [-0.2, -0.15) is 13.9 Å². The van der Waals surface area contributed by atoms with Gasteiger partial charge in [0.1, 0.15) is 28.2 Å². The van der Waals surface area contributed by atoms with E-state index in [0.29, 0.717) is 16.6 Å². The highest BCUT2D eigenvalue weighted by Crippen LogP contribution is 2.31. The van der Waals surface area contributed by atoms with Crippen LogP contribution in [-0.2, 0) is 11.3 Å². The van der Waals surface area contributed by atoms with Gasteiger partial charge in [0.05, 0.1) is 18.3 Å². The summed E-state index contributed by atoms with van der Waals surface area (Å²) in [5, 5.41) is 14.3. The summed E-state index contributed by atoms with van der Waals surface area (Å²) in [6.45, 7) is -2.76. The summed E-state index contributed by atoms with van der Waals surface area (Å²) >= 11 is 0. The van der Waals surface area contributed by atoms with E-state index in [-0.39, 0.29) is 47.0 Å². The van der Waals surface area contributed by atoms with Gasteiger partial charge in [0, 0.05) is 32.1 Å². The van der Waals surface area contributed by atoms with Gasteiger partial charge in [0.2, 0.25) is 5.91 Å². The minimum Gasteiger partial charge on any atom is -0.478 e. The summed E-state index contributed by atoms with van der Waals surface area (Å²) in [5.41, 5.74) is 1.48. The van der Waals surface area contributed by atoms with Gasteiger partial charge in [-0.25, -0.2) is 14.8 Å². The Morgan fingerprint density at radius 3 is 2.78 bits per heavy atom. The molecule has 3 heterocycles. The smallest absolute Gasteiger partial charge is 0.387 e. The molecule has 0 aliphatic carbocycles. The number of alkyl halides is 2. The number of H-pyrrole nitrogens is 1. The first-order valence-corrected chi connectivity index (χ1v) is 9.48. The summed E-state index contributed by atoms with van der Waals surface area (Å²) in [6, 6.07) is 4.34. The van der Waals surface area contributed by atoms with Gasteiger partial charge in [-0.15, -0.1) is 0 Å². The van der Waals surface area contributed by atoms with Crippen molar-refractivity contribution >= 4 is 33.9 Å². The van der Waals surface area contributed by atoms with Crippen LogP contribution in [0.1, 0.15) is 16.8 Å². The number of aromatic amines is 1. The molecule has 0 unspecified atom stereocenters. The Bertz CT molecular complexity index is 1330. The third-order valence-corrected chi connectivity index (χ3v) is 4.84. The van der Waals surface area contributed by atoms with Crippen molar-refractivity contribution in [2.24, 2.45) is 0 Å². The number of ether oxygens (including phenoxy) is 1. The molecule has 1 amide bonds. The van der Waals surface area contributed by atoms with E-state index in [4.69, 9.17) is 0 Å². The Labute approximate surface area is 179 Å². The molecule has 0 saturated heterocycles. The lowest BCUT2D eigenvalue weighted by Gasteiger charge is -2.10. The predicted molar refractivity (Wildman–Crippen MR) is 110 cm³/mol. The average Bonchev–Trinajstić information content (AvgIpc) is 3.32. The number of rotatable bonds is 7. The van der Waals surface area contributed by atoms with E-state index in [1.54, 1.807) is 24.8 Å². The van der Waals surface area contributed by atoms with Crippen molar-refractivity contribution in [3.8, 4) is 17.1 Å². The molecule has 1 aromatic carbocycles. The van der Waals surface area contributed by atoms with Crippen LogP contribution < -0.4 is 4.74 Å². The topological polar surface area (TPSA) is 126 Å². The number of carboxylic acid groups (broad SMARTS) is 1. The molecule has 4 rings (SSSR count). The van der Waals surface area contributed by atoms with Gasteiger partial charge >= 0.3 is 12.6 Å². The zero-order valence-electron chi connectivity index (χ0n) is 17.0. The van der Waals surface area contributed by atoms with Crippen molar-refractivity contribution in [1.29, 1.82) is 0 Å². The zero-order valence-corrected chi connectivity index (χ0v) is 17.0. The maximum Gasteiger partial charge on any atom is 0.387 e. The molecule has 4 aromatic rings. The molecule has 166 valence electrons. The molecule has 0 atom stereocenters. The number of aryl methyl sites for hydroxylation is 1. The maximum absolute atomic E-state index is 12.7. The highest BCUT2D eigenvalue weighted by molar-refractivity contribution is 6.01. The lowest BCUT2D eigenvalue weighted by atomic mass is 10.1.